The van der Waals surface area contributed by atoms with Gasteiger partial charge in [-0.1, -0.05) is 18.2 Å². The molecule has 3 rings (SSSR count). The van der Waals surface area contributed by atoms with Gasteiger partial charge in [0.05, 0.1) is 26.0 Å². The molecule has 0 radical (unpaired) electrons. The molecule has 2 N–H and O–H groups in total. The van der Waals surface area contributed by atoms with Crippen molar-refractivity contribution in [2.24, 2.45) is 5.10 Å². The number of aromatic nitrogens is 1. The molecule has 1 saturated heterocycles. The summed E-state index contributed by atoms with van der Waals surface area (Å²) in [5.41, 5.74) is 5.70. The Morgan fingerprint density at radius 3 is 3.00 bits per heavy atom. The van der Waals surface area contributed by atoms with Gasteiger partial charge in [0.15, 0.2) is 0 Å². The standard InChI is InChI=1S/C16H20N4O2/c1-12-14(13-4-2-3-5-15(13)18-12)10-17-19-16(21)11-20-6-8-22-9-7-20/h2-5,10,18H,6-9,11H2,1H3,(H,19,21)/b17-10+. The van der Waals surface area contributed by atoms with Crippen LogP contribution in [-0.2, 0) is 9.53 Å². The highest BCUT2D eigenvalue weighted by molar-refractivity contribution is 6.00. The Bertz CT molecular complexity index is 687. The summed E-state index contributed by atoms with van der Waals surface area (Å²) < 4.78 is 5.26. The van der Waals surface area contributed by atoms with Crippen LogP contribution in [0, 0.1) is 6.92 Å². The summed E-state index contributed by atoms with van der Waals surface area (Å²) in [6, 6.07) is 8.04. The summed E-state index contributed by atoms with van der Waals surface area (Å²) in [7, 11) is 0. The third-order valence-electron chi connectivity index (χ3n) is 3.80. The van der Waals surface area contributed by atoms with E-state index in [1.54, 1.807) is 6.21 Å². The zero-order valence-corrected chi connectivity index (χ0v) is 12.6. The molecule has 1 aliphatic rings. The fourth-order valence-electron chi connectivity index (χ4n) is 2.63. The molecule has 2 heterocycles. The van der Waals surface area contributed by atoms with Crippen molar-refractivity contribution in [3.63, 3.8) is 0 Å². The second-order valence-corrected chi connectivity index (χ2v) is 5.39. The van der Waals surface area contributed by atoms with E-state index in [0.717, 1.165) is 35.2 Å². The molecule has 1 aromatic carbocycles. The minimum atomic E-state index is -0.101. The molecular formula is C16H20N4O2. The van der Waals surface area contributed by atoms with Crippen LogP contribution < -0.4 is 5.43 Å². The summed E-state index contributed by atoms with van der Waals surface area (Å²) in [4.78, 5) is 17.2. The Balaban J connectivity index is 1.61. The van der Waals surface area contributed by atoms with Crippen LogP contribution in [0.3, 0.4) is 0 Å². The topological polar surface area (TPSA) is 69.7 Å². The number of nitrogens with zero attached hydrogens (tertiary/aromatic N) is 2. The van der Waals surface area contributed by atoms with Crippen molar-refractivity contribution in [3.8, 4) is 0 Å². The highest BCUT2D eigenvalue weighted by Crippen LogP contribution is 2.19. The zero-order chi connectivity index (χ0) is 15.4. The fraction of sp³-hybridized carbons (Fsp3) is 0.375. The summed E-state index contributed by atoms with van der Waals surface area (Å²) in [5, 5.41) is 5.19. The maximum absolute atomic E-state index is 11.9. The van der Waals surface area contributed by atoms with E-state index in [0.29, 0.717) is 19.8 Å². The number of aryl methyl sites for hydroxylation is 1. The first-order valence-corrected chi connectivity index (χ1v) is 7.43. The fourth-order valence-corrected chi connectivity index (χ4v) is 2.63. The van der Waals surface area contributed by atoms with Crippen molar-refractivity contribution < 1.29 is 9.53 Å². The van der Waals surface area contributed by atoms with Gasteiger partial charge in [-0.05, 0) is 13.0 Å². The second-order valence-electron chi connectivity index (χ2n) is 5.39. The number of hydrazone groups is 1. The number of rotatable bonds is 4. The number of H-pyrrole nitrogens is 1. The number of ether oxygens (including phenoxy) is 1. The van der Waals surface area contributed by atoms with Gasteiger partial charge in [-0.15, -0.1) is 0 Å². The predicted molar refractivity (Wildman–Crippen MR) is 86.0 cm³/mol. The molecule has 1 aliphatic heterocycles. The monoisotopic (exact) mass is 300 g/mol. The molecule has 0 bridgehead atoms. The molecule has 0 saturated carbocycles. The number of carbonyl (C=O) groups is 1. The highest BCUT2D eigenvalue weighted by atomic mass is 16.5. The van der Waals surface area contributed by atoms with Crippen molar-refractivity contribution >= 4 is 23.0 Å². The van der Waals surface area contributed by atoms with Gasteiger partial charge in [-0.25, -0.2) is 5.43 Å². The maximum atomic E-state index is 11.9. The largest absolute Gasteiger partial charge is 0.379 e. The Kier molecular flexibility index (Phi) is 4.50. The van der Waals surface area contributed by atoms with Crippen molar-refractivity contribution in [2.45, 2.75) is 6.92 Å². The van der Waals surface area contributed by atoms with E-state index in [2.05, 4.69) is 20.4 Å². The summed E-state index contributed by atoms with van der Waals surface area (Å²) in [6.07, 6.45) is 1.70. The first-order chi connectivity index (χ1) is 10.7. The van der Waals surface area contributed by atoms with Gasteiger partial charge in [-0.3, -0.25) is 9.69 Å². The second kappa shape index (κ2) is 6.72. The summed E-state index contributed by atoms with van der Waals surface area (Å²) >= 11 is 0. The molecule has 0 aliphatic carbocycles. The number of para-hydroxylation sites is 1. The van der Waals surface area contributed by atoms with E-state index in [4.69, 9.17) is 4.74 Å². The van der Waals surface area contributed by atoms with Crippen LogP contribution >= 0.6 is 0 Å². The number of amides is 1. The summed E-state index contributed by atoms with van der Waals surface area (Å²) in [5.74, 6) is -0.101. The predicted octanol–water partition coefficient (Wildman–Crippen LogP) is 1.26. The molecule has 0 atom stereocenters. The maximum Gasteiger partial charge on any atom is 0.254 e. The molecule has 2 aromatic rings. The highest BCUT2D eigenvalue weighted by Gasteiger charge is 2.13. The average Bonchev–Trinajstić information content (AvgIpc) is 2.84. The molecule has 6 heteroatoms. The van der Waals surface area contributed by atoms with Crippen molar-refractivity contribution in [2.75, 3.05) is 32.8 Å². The number of hydrogen-bond acceptors (Lipinski definition) is 4. The summed E-state index contributed by atoms with van der Waals surface area (Å²) in [6.45, 7) is 5.30. The lowest BCUT2D eigenvalue weighted by Crippen LogP contribution is -2.42. The lowest BCUT2D eigenvalue weighted by molar-refractivity contribution is -0.123. The van der Waals surface area contributed by atoms with Crippen LogP contribution in [0.4, 0.5) is 0 Å². The molecule has 0 unspecified atom stereocenters. The normalized spacial score (nSPS) is 16.4. The Hall–Kier alpha value is -2.18. The molecule has 6 nitrogen and oxygen atoms in total. The first-order valence-electron chi connectivity index (χ1n) is 7.43. The third kappa shape index (κ3) is 3.35. The van der Waals surface area contributed by atoms with E-state index >= 15 is 0 Å². The lowest BCUT2D eigenvalue weighted by atomic mass is 10.1. The van der Waals surface area contributed by atoms with Gasteiger partial charge in [0.1, 0.15) is 0 Å². The van der Waals surface area contributed by atoms with Gasteiger partial charge in [0, 0.05) is 35.2 Å². The van der Waals surface area contributed by atoms with Gasteiger partial charge in [-0.2, -0.15) is 5.10 Å². The number of aromatic amines is 1. The molecule has 1 fully saturated rings. The average molecular weight is 300 g/mol. The minimum absolute atomic E-state index is 0.101. The van der Waals surface area contributed by atoms with Crippen LogP contribution in [-0.4, -0.2) is 54.9 Å². The number of hydrogen-bond donors (Lipinski definition) is 2. The van der Waals surface area contributed by atoms with E-state index < -0.39 is 0 Å². The van der Waals surface area contributed by atoms with Crippen LogP contribution in [0.5, 0.6) is 0 Å². The molecule has 22 heavy (non-hydrogen) atoms. The Morgan fingerprint density at radius 1 is 1.41 bits per heavy atom. The quantitative estimate of drug-likeness (QED) is 0.660. The van der Waals surface area contributed by atoms with E-state index in [9.17, 15) is 4.79 Å². The van der Waals surface area contributed by atoms with Gasteiger partial charge in [0.25, 0.3) is 5.91 Å². The van der Waals surface area contributed by atoms with Gasteiger partial charge >= 0.3 is 0 Å². The molecule has 1 aromatic heterocycles. The van der Waals surface area contributed by atoms with Crippen LogP contribution in [0.15, 0.2) is 29.4 Å². The van der Waals surface area contributed by atoms with Crippen molar-refractivity contribution in [1.82, 2.24) is 15.3 Å². The van der Waals surface area contributed by atoms with Gasteiger partial charge in [0.2, 0.25) is 0 Å². The van der Waals surface area contributed by atoms with Crippen molar-refractivity contribution in [1.29, 1.82) is 0 Å². The lowest BCUT2D eigenvalue weighted by Gasteiger charge is -2.25. The SMILES string of the molecule is Cc1[nH]c2ccccc2c1/C=N/NC(=O)CN1CCOCC1. The van der Waals surface area contributed by atoms with Gasteiger partial charge < -0.3 is 9.72 Å². The van der Waals surface area contributed by atoms with Crippen LogP contribution in [0.25, 0.3) is 10.9 Å². The van der Waals surface area contributed by atoms with E-state index in [1.165, 1.54) is 0 Å². The Labute approximate surface area is 129 Å². The van der Waals surface area contributed by atoms with Crippen molar-refractivity contribution in [3.05, 3.63) is 35.5 Å². The minimum Gasteiger partial charge on any atom is -0.379 e. The van der Waals surface area contributed by atoms with Crippen LogP contribution in [0.2, 0.25) is 0 Å². The molecular weight excluding hydrogens is 280 g/mol. The smallest absolute Gasteiger partial charge is 0.254 e. The number of nitrogens with one attached hydrogen (secondary N) is 2. The van der Waals surface area contributed by atoms with Crippen LogP contribution in [0.1, 0.15) is 11.3 Å². The number of fused-ring (bicyclic) bond motifs is 1. The Morgan fingerprint density at radius 2 is 2.18 bits per heavy atom. The first kappa shape index (κ1) is 14.7. The number of morpholine rings is 1. The van der Waals surface area contributed by atoms with E-state index in [-0.39, 0.29) is 5.91 Å². The number of carbonyl (C=O) groups excluding carboxylic acids is 1. The molecule has 0 spiro atoms. The third-order valence-corrected chi connectivity index (χ3v) is 3.80. The molecule has 1 amide bonds. The zero-order valence-electron chi connectivity index (χ0n) is 12.6. The van der Waals surface area contributed by atoms with E-state index in [1.807, 2.05) is 31.2 Å². The number of benzene rings is 1. The molecule has 116 valence electrons.